The van der Waals surface area contributed by atoms with E-state index >= 15 is 0 Å². The molecule has 2 saturated carbocycles. The molecule has 4 rings (SSSR count). The number of rotatable bonds is 6. The van der Waals surface area contributed by atoms with Gasteiger partial charge < -0.3 is 9.47 Å². The Kier molecular flexibility index (Phi) is 5.36. The molecule has 32 heavy (non-hydrogen) atoms. The van der Waals surface area contributed by atoms with Crippen LogP contribution < -0.4 is 9.47 Å². The van der Waals surface area contributed by atoms with E-state index in [0.717, 1.165) is 38.5 Å². The number of nitro groups is 2. The highest BCUT2D eigenvalue weighted by Gasteiger charge is 2.39. The van der Waals surface area contributed by atoms with Gasteiger partial charge in [0.05, 0.1) is 9.85 Å². The first kappa shape index (κ1) is 21.7. The third kappa shape index (κ3) is 3.90. The van der Waals surface area contributed by atoms with Gasteiger partial charge in [-0.2, -0.15) is 0 Å². The van der Waals surface area contributed by atoms with Gasteiger partial charge in [0.2, 0.25) is 0 Å². The molecule has 2 fully saturated rings. The highest BCUT2D eigenvalue weighted by atomic mass is 16.7. The van der Waals surface area contributed by atoms with Gasteiger partial charge in [-0.3, -0.25) is 20.2 Å². The topological polar surface area (TPSA) is 122 Å². The van der Waals surface area contributed by atoms with Gasteiger partial charge in [0, 0.05) is 35.4 Å². The van der Waals surface area contributed by atoms with Crippen LogP contribution in [0.15, 0.2) is 36.4 Å². The Hall–Kier alpha value is -3.49. The summed E-state index contributed by atoms with van der Waals surface area (Å²) in [7, 11) is 0. The number of non-ortho nitro benzene ring substituents is 2. The summed E-state index contributed by atoms with van der Waals surface area (Å²) in [5.41, 5.74) is 0.461. The molecule has 9 heteroatoms. The lowest BCUT2D eigenvalue weighted by Crippen LogP contribution is -2.32. The van der Waals surface area contributed by atoms with Gasteiger partial charge in [0.25, 0.3) is 11.4 Å². The summed E-state index contributed by atoms with van der Waals surface area (Å²) in [4.78, 5) is 34.2. The van der Waals surface area contributed by atoms with Crippen molar-refractivity contribution in [3.63, 3.8) is 0 Å². The summed E-state index contributed by atoms with van der Waals surface area (Å²) in [6, 6.07) is 8.33. The van der Waals surface area contributed by atoms with Crippen LogP contribution in [0.1, 0.15) is 63.5 Å². The highest BCUT2D eigenvalue weighted by molar-refractivity contribution is 5.70. The van der Waals surface area contributed by atoms with E-state index in [0.29, 0.717) is 11.1 Å². The van der Waals surface area contributed by atoms with E-state index in [1.807, 2.05) is 13.8 Å². The van der Waals surface area contributed by atoms with Crippen molar-refractivity contribution in [2.75, 3.05) is 0 Å². The first-order valence-corrected chi connectivity index (χ1v) is 10.6. The summed E-state index contributed by atoms with van der Waals surface area (Å²) in [6.45, 7) is 3.97. The van der Waals surface area contributed by atoms with Crippen molar-refractivity contribution in [1.29, 1.82) is 0 Å². The molecule has 0 spiro atoms. The number of hydrogen-bond donors (Lipinski definition) is 0. The van der Waals surface area contributed by atoms with E-state index in [2.05, 4.69) is 0 Å². The van der Waals surface area contributed by atoms with Crippen molar-refractivity contribution < 1.29 is 24.1 Å². The standard InChI is InChI=1S/C23H24N2O7/c1-22(9-3-10-22)17-13-15(24(27)28)5-7-19(17)31-21(26)32-20-8-6-16(25(29)30)14-18(20)23(2)11-4-12-23/h5-8,13-14H,3-4,9-12H2,1-2H3. The van der Waals surface area contributed by atoms with Gasteiger partial charge in [0.15, 0.2) is 0 Å². The second-order valence-corrected chi connectivity index (χ2v) is 9.16. The number of nitrogens with zero attached hydrogens (tertiary/aromatic N) is 2. The fourth-order valence-electron chi connectivity index (χ4n) is 4.54. The van der Waals surface area contributed by atoms with Crippen molar-refractivity contribution in [2.45, 2.75) is 63.2 Å². The number of carbonyl (C=O) groups is 1. The van der Waals surface area contributed by atoms with Gasteiger partial charge in [-0.15, -0.1) is 0 Å². The van der Waals surface area contributed by atoms with Crippen LogP contribution in [0.3, 0.4) is 0 Å². The lowest BCUT2D eigenvalue weighted by Gasteiger charge is -2.39. The number of nitro benzene ring substituents is 2. The number of carbonyl (C=O) groups excluding carboxylic acids is 1. The molecule has 0 amide bonds. The molecule has 0 atom stereocenters. The lowest BCUT2D eigenvalue weighted by molar-refractivity contribution is -0.385. The number of ether oxygens (including phenoxy) is 2. The van der Waals surface area contributed by atoms with E-state index < -0.39 is 16.0 Å². The van der Waals surface area contributed by atoms with Crippen molar-refractivity contribution >= 4 is 17.5 Å². The van der Waals surface area contributed by atoms with Crippen LogP contribution in [0.5, 0.6) is 11.5 Å². The van der Waals surface area contributed by atoms with Gasteiger partial charge >= 0.3 is 6.16 Å². The summed E-state index contributed by atoms with van der Waals surface area (Å²) < 4.78 is 11.0. The second-order valence-electron chi connectivity index (χ2n) is 9.16. The van der Waals surface area contributed by atoms with E-state index in [1.54, 1.807) is 0 Å². The van der Waals surface area contributed by atoms with Gasteiger partial charge in [0.1, 0.15) is 11.5 Å². The largest absolute Gasteiger partial charge is 0.519 e. The lowest BCUT2D eigenvalue weighted by atomic mass is 9.65. The molecule has 0 radical (unpaired) electrons. The van der Waals surface area contributed by atoms with Crippen LogP contribution in [0, 0.1) is 20.2 Å². The minimum Gasteiger partial charge on any atom is -0.394 e. The summed E-state index contributed by atoms with van der Waals surface area (Å²) in [6.07, 6.45) is 4.35. The second kappa shape index (κ2) is 7.89. The van der Waals surface area contributed by atoms with Crippen LogP contribution in [-0.2, 0) is 10.8 Å². The minimum absolute atomic E-state index is 0.0654. The fraction of sp³-hybridized carbons (Fsp3) is 0.435. The third-order valence-electron chi connectivity index (χ3n) is 6.95. The Morgan fingerprint density at radius 1 is 0.781 bits per heavy atom. The quantitative estimate of drug-likeness (QED) is 0.235. The molecule has 0 saturated heterocycles. The zero-order chi connectivity index (χ0) is 23.1. The minimum atomic E-state index is -0.985. The summed E-state index contributed by atoms with van der Waals surface area (Å²) in [5, 5.41) is 22.5. The van der Waals surface area contributed by atoms with Crippen LogP contribution in [0.25, 0.3) is 0 Å². The molecule has 0 unspecified atom stereocenters. The maximum atomic E-state index is 12.7. The molecule has 2 aliphatic carbocycles. The molecule has 0 bridgehead atoms. The molecule has 0 aliphatic heterocycles. The monoisotopic (exact) mass is 440 g/mol. The Balaban J connectivity index is 1.61. The normalized spacial score (nSPS) is 18.1. The van der Waals surface area contributed by atoms with Crippen molar-refractivity contribution in [2.24, 2.45) is 0 Å². The van der Waals surface area contributed by atoms with Crippen LogP contribution in [0.2, 0.25) is 0 Å². The Morgan fingerprint density at radius 2 is 1.16 bits per heavy atom. The molecule has 0 heterocycles. The molecule has 168 valence electrons. The smallest absolute Gasteiger partial charge is 0.394 e. The molecule has 9 nitrogen and oxygen atoms in total. The summed E-state index contributed by atoms with van der Waals surface area (Å²) in [5.74, 6) is 0.447. The predicted molar refractivity (Wildman–Crippen MR) is 115 cm³/mol. The van der Waals surface area contributed by atoms with Gasteiger partial charge in [-0.1, -0.05) is 26.7 Å². The number of hydrogen-bond acceptors (Lipinski definition) is 7. The third-order valence-corrected chi connectivity index (χ3v) is 6.95. The summed E-state index contributed by atoms with van der Waals surface area (Å²) >= 11 is 0. The van der Waals surface area contributed by atoms with E-state index in [-0.39, 0.29) is 33.7 Å². The Bertz CT molecular complexity index is 1020. The predicted octanol–water partition coefficient (Wildman–Crippen LogP) is 5.96. The van der Waals surface area contributed by atoms with Crippen molar-refractivity contribution in [3.8, 4) is 11.5 Å². The average Bonchev–Trinajstić information content (AvgIpc) is 2.70. The van der Waals surface area contributed by atoms with Crippen LogP contribution in [-0.4, -0.2) is 16.0 Å². The first-order valence-electron chi connectivity index (χ1n) is 10.6. The molecule has 2 aromatic carbocycles. The van der Waals surface area contributed by atoms with E-state index in [9.17, 15) is 25.0 Å². The Labute approximate surface area is 184 Å². The van der Waals surface area contributed by atoms with Gasteiger partial charge in [-0.25, -0.2) is 4.79 Å². The SMILES string of the molecule is CC1(c2cc([N+](=O)[O-])ccc2OC(=O)Oc2ccc([N+](=O)[O-])cc2C2(C)CCC2)CCC1. The molecule has 2 aromatic rings. The maximum Gasteiger partial charge on any atom is 0.519 e. The van der Waals surface area contributed by atoms with Crippen molar-refractivity contribution in [1.82, 2.24) is 0 Å². The Morgan fingerprint density at radius 3 is 1.44 bits per heavy atom. The zero-order valence-electron chi connectivity index (χ0n) is 18.0. The van der Waals surface area contributed by atoms with Crippen LogP contribution in [0.4, 0.5) is 16.2 Å². The molecular weight excluding hydrogens is 416 g/mol. The van der Waals surface area contributed by atoms with E-state index in [4.69, 9.17) is 9.47 Å². The maximum absolute atomic E-state index is 12.7. The average molecular weight is 440 g/mol. The van der Waals surface area contributed by atoms with Gasteiger partial charge in [-0.05, 0) is 48.6 Å². The molecular formula is C23H24N2O7. The highest BCUT2D eigenvalue weighted by Crippen LogP contribution is 2.49. The zero-order valence-corrected chi connectivity index (χ0v) is 18.0. The van der Waals surface area contributed by atoms with Crippen molar-refractivity contribution in [3.05, 3.63) is 67.8 Å². The van der Waals surface area contributed by atoms with Crippen LogP contribution >= 0.6 is 0 Å². The van der Waals surface area contributed by atoms with E-state index in [1.165, 1.54) is 36.4 Å². The molecule has 0 aromatic heterocycles. The number of benzene rings is 2. The molecule has 0 N–H and O–H groups in total. The fourth-order valence-corrected chi connectivity index (χ4v) is 4.54. The molecule has 2 aliphatic rings. The first-order chi connectivity index (χ1) is 15.1.